The third kappa shape index (κ3) is 2.35. The first kappa shape index (κ1) is 11.7. The van der Waals surface area contributed by atoms with Gasteiger partial charge in [-0.25, -0.2) is 0 Å². The molecule has 1 aromatic carbocycles. The van der Waals surface area contributed by atoms with Gasteiger partial charge in [-0.1, -0.05) is 13.8 Å². The molecule has 1 unspecified atom stereocenters. The van der Waals surface area contributed by atoms with Crippen LogP contribution >= 0.6 is 0 Å². The molecule has 0 aliphatic rings. The highest BCUT2D eigenvalue weighted by atomic mass is 16.5. The maximum absolute atomic E-state index is 9.81. The molecule has 1 aromatic rings. The quantitative estimate of drug-likeness (QED) is 0.830. The third-order valence-electron chi connectivity index (χ3n) is 2.68. The molecule has 84 valence electrons. The highest BCUT2D eigenvalue weighted by Crippen LogP contribution is 2.38. The van der Waals surface area contributed by atoms with Crippen molar-refractivity contribution in [2.45, 2.75) is 26.2 Å². The first-order valence-electron chi connectivity index (χ1n) is 5.08. The Morgan fingerprint density at radius 2 is 1.73 bits per heavy atom. The van der Waals surface area contributed by atoms with Crippen LogP contribution < -0.4 is 9.47 Å². The number of benzene rings is 1. The number of methoxy groups -OCH3 is 2. The standard InChI is InChI=1S/C12H18O3/c1-5-8(2)9-6-11(14-3)12(15-4)7-10(9)13/h6-8,13H,5H2,1-4H3. The monoisotopic (exact) mass is 210 g/mol. The number of ether oxygens (including phenoxy) is 2. The van der Waals surface area contributed by atoms with E-state index in [4.69, 9.17) is 9.47 Å². The van der Waals surface area contributed by atoms with E-state index in [0.717, 1.165) is 12.0 Å². The van der Waals surface area contributed by atoms with Crippen LogP contribution in [0.2, 0.25) is 0 Å². The smallest absolute Gasteiger partial charge is 0.164 e. The second kappa shape index (κ2) is 4.91. The van der Waals surface area contributed by atoms with E-state index >= 15 is 0 Å². The maximum atomic E-state index is 9.81. The van der Waals surface area contributed by atoms with Gasteiger partial charge in [0.05, 0.1) is 14.2 Å². The van der Waals surface area contributed by atoms with Gasteiger partial charge in [0.1, 0.15) is 5.75 Å². The first-order chi connectivity index (χ1) is 7.13. The van der Waals surface area contributed by atoms with Crippen LogP contribution in [0.15, 0.2) is 12.1 Å². The minimum atomic E-state index is 0.266. The Morgan fingerprint density at radius 1 is 1.20 bits per heavy atom. The summed E-state index contributed by atoms with van der Waals surface area (Å²) in [4.78, 5) is 0. The molecular formula is C12H18O3. The largest absolute Gasteiger partial charge is 0.508 e. The Balaban J connectivity index is 3.19. The van der Waals surface area contributed by atoms with Crippen molar-refractivity contribution in [3.05, 3.63) is 17.7 Å². The number of hydrogen-bond donors (Lipinski definition) is 1. The lowest BCUT2D eigenvalue weighted by Crippen LogP contribution is -1.96. The van der Waals surface area contributed by atoms with Crippen molar-refractivity contribution in [2.24, 2.45) is 0 Å². The second-order valence-electron chi connectivity index (χ2n) is 3.58. The molecule has 1 rings (SSSR count). The van der Waals surface area contributed by atoms with Crippen LogP contribution in [0, 0.1) is 0 Å². The van der Waals surface area contributed by atoms with E-state index in [1.54, 1.807) is 20.3 Å². The molecule has 0 bridgehead atoms. The summed E-state index contributed by atoms with van der Waals surface area (Å²) < 4.78 is 10.3. The molecule has 3 heteroatoms. The highest BCUT2D eigenvalue weighted by molar-refractivity contribution is 5.51. The van der Waals surface area contributed by atoms with Crippen molar-refractivity contribution in [1.82, 2.24) is 0 Å². The first-order valence-corrected chi connectivity index (χ1v) is 5.08. The fourth-order valence-corrected chi connectivity index (χ4v) is 1.50. The summed E-state index contributed by atoms with van der Waals surface area (Å²) in [6.45, 7) is 4.15. The van der Waals surface area contributed by atoms with Crippen molar-refractivity contribution in [3.8, 4) is 17.2 Å². The van der Waals surface area contributed by atoms with Crippen molar-refractivity contribution < 1.29 is 14.6 Å². The van der Waals surface area contributed by atoms with Crippen LogP contribution in [0.5, 0.6) is 17.2 Å². The summed E-state index contributed by atoms with van der Waals surface area (Å²) in [6, 6.07) is 3.43. The second-order valence-corrected chi connectivity index (χ2v) is 3.58. The Kier molecular flexibility index (Phi) is 3.83. The van der Waals surface area contributed by atoms with Crippen LogP contribution in [0.1, 0.15) is 31.7 Å². The van der Waals surface area contributed by atoms with E-state index in [2.05, 4.69) is 13.8 Å². The fourth-order valence-electron chi connectivity index (χ4n) is 1.50. The van der Waals surface area contributed by atoms with Gasteiger partial charge >= 0.3 is 0 Å². The normalized spacial score (nSPS) is 12.3. The summed E-state index contributed by atoms with van der Waals surface area (Å²) >= 11 is 0. The summed E-state index contributed by atoms with van der Waals surface area (Å²) in [5, 5.41) is 9.81. The number of rotatable bonds is 4. The zero-order valence-corrected chi connectivity index (χ0v) is 9.70. The molecule has 0 saturated heterocycles. The fraction of sp³-hybridized carbons (Fsp3) is 0.500. The predicted molar refractivity (Wildman–Crippen MR) is 59.9 cm³/mol. The van der Waals surface area contributed by atoms with Gasteiger partial charge in [-0.2, -0.15) is 0 Å². The van der Waals surface area contributed by atoms with Gasteiger partial charge < -0.3 is 14.6 Å². The van der Waals surface area contributed by atoms with Gasteiger partial charge in [0.15, 0.2) is 11.5 Å². The van der Waals surface area contributed by atoms with Crippen LogP contribution in [0.3, 0.4) is 0 Å². The van der Waals surface area contributed by atoms with Crippen LogP contribution in [0.25, 0.3) is 0 Å². The third-order valence-corrected chi connectivity index (χ3v) is 2.68. The lowest BCUT2D eigenvalue weighted by atomic mass is 9.97. The average molecular weight is 210 g/mol. The molecule has 3 nitrogen and oxygen atoms in total. The zero-order valence-electron chi connectivity index (χ0n) is 9.70. The highest BCUT2D eigenvalue weighted by Gasteiger charge is 2.14. The van der Waals surface area contributed by atoms with E-state index in [-0.39, 0.29) is 5.75 Å². The minimum Gasteiger partial charge on any atom is -0.508 e. The summed E-state index contributed by atoms with van der Waals surface area (Å²) in [7, 11) is 3.15. The summed E-state index contributed by atoms with van der Waals surface area (Å²) in [5.74, 6) is 1.79. The Hall–Kier alpha value is -1.38. The van der Waals surface area contributed by atoms with E-state index in [0.29, 0.717) is 17.4 Å². The van der Waals surface area contributed by atoms with Crippen molar-refractivity contribution in [2.75, 3.05) is 14.2 Å². The van der Waals surface area contributed by atoms with Gasteiger partial charge in [-0.15, -0.1) is 0 Å². The van der Waals surface area contributed by atoms with Crippen molar-refractivity contribution in [1.29, 1.82) is 0 Å². The lowest BCUT2D eigenvalue weighted by Gasteiger charge is -2.15. The molecular weight excluding hydrogens is 192 g/mol. The molecule has 0 aliphatic carbocycles. The van der Waals surface area contributed by atoms with Gasteiger partial charge in [0.2, 0.25) is 0 Å². The van der Waals surface area contributed by atoms with E-state index in [1.165, 1.54) is 0 Å². The van der Waals surface area contributed by atoms with Crippen LogP contribution in [-0.2, 0) is 0 Å². The zero-order chi connectivity index (χ0) is 11.4. The number of phenols is 1. The molecule has 1 atom stereocenters. The Bertz CT molecular complexity index is 334. The van der Waals surface area contributed by atoms with Crippen LogP contribution in [-0.4, -0.2) is 19.3 Å². The van der Waals surface area contributed by atoms with Crippen molar-refractivity contribution in [3.63, 3.8) is 0 Å². The topological polar surface area (TPSA) is 38.7 Å². The molecule has 15 heavy (non-hydrogen) atoms. The number of phenolic OH excluding ortho intramolecular Hbond substituents is 1. The Labute approximate surface area is 90.6 Å². The molecule has 0 fully saturated rings. The molecule has 0 aromatic heterocycles. The molecule has 0 radical (unpaired) electrons. The van der Waals surface area contributed by atoms with Gasteiger partial charge in [0, 0.05) is 11.6 Å². The number of hydrogen-bond acceptors (Lipinski definition) is 3. The molecule has 0 spiro atoms. The van der Waals surface area contributed by atoms with Gasteiger partial charge in [-0.05, 0) is 18.4 Å². The average Bonchev–Trinajstić information content (AvgIpc) is 2.27. The SMILES string of the molecule is CCC(C)c1cc(OC)c(OC)cc1O. The van der Waals surface area contributed by atoms with E-state index in [1.807, 2.05) is 6.07 Å². The minimum absolute atomic E-state index is 0.266. The molecule has 0 saturated carbocycles. The van der Waals surface area contributed by atoms with Crippen LogP contribution in [0.4, 0.5) is 0 Å². The summed E-state index contributed by atoms with van der Waals surface area (Å²) in [6.07, 6.45) is 0.975. The molecule has 0 heterocycles. The predicted octanol–water partition coefficient (Wildman–Crippen LogP) is 2.92. The molecule has 0 aliphatic heterocycles. The summed E-state index contributed by atoms with van der Waals surface area (Å²) in [5.41, 5.74) is 0.898. The number of aromatic hydroxyl groups is 1. The van der Waals surface area contributed by atoms with Gasteiger partial charge in [-0.3, -0.25) is 0 Å². The Morgan fingerprint density at radius 3 is 2.20 bits per heavy atom. The lowest BCUT2D eigenvalue weighted by molar-refractivity contribution is 0.349. The molecule has 0 amide bonds. The maximum Gasteiger partial charge on any atom is 0.164 e. The van der Waals surface area contributed by atoms with Crippen molar-refractivity contribution >= 4 is 0 Å². The van der Waals surface area contributed by atoms with E-state index in [9.17, 15) is 5.11 Å². The van der Waals surface area contributed by atoms with Gasteiger partial charge in [0.25, 0.3) is 0 Å². The van der Waals surface area contributed by atoms with E-state index < -0.39 is 0 Å². The molecule has 1 N–H and O–H groups in total.